The van der Waals surface area contributed by atoms with Crippen molar-refractivity contribution in [2.75, 3.05) is 6.54 Å². The Labute approximate surface area is 141 Å². The van der Waals surface area contributed by atoms with Crippen LogP contribution in [0.5, 0.6) is 0 Å². The number of benzene rings is 2. The van der Waals surface area contributed by atoms with Crippen molar-refractivity contribution in [3.8, 4) is 0 Å². The summed E-state index contributed by atoms with van der Waals surface area (Å²) in [4.78, 5) is 26.7. The average Bonchev–Trinajstić information content (AvgIpc) is 3.08. The minimum absolute atomic E-state index is 0.0148. The molecule has 24 heavy (non-hydrogen) atoms. The normalized spacial score (nSPS) is 19.3. The summed E-state index contributed by atoms with van der Waals surface area (Å²) in [6.07, 6.45) is 4.20. The van der Waals surface area contributed by atoms with E-state index in [-0.39, 0.29) is 11.8 Å². The molecule has 4 heteroatoms. The van der Waals surface area contributed by atoms with Gasteiger partial charge < -0.3 is 10.2 Å². The molecule has 2 aromatic rings. The van der Waals surface area contributed by atoms with E-state index in [2.05, 4.69) is 29.6 Å². The molecule has 1 heterocycles. The van der Waals surface area contributed by atoms with Crippen LogP contribution >= 0.6 is 0 Å². The van der Waals surface area contributed by atoms with Gasteiger partial charge in [0.2, 0.25) is 11.8 Å². The maximum absolute atomic E-state index is 13.0. The van der Waals surface area contributed by atoms with Gasteiger partial charge in [-0.1, -0.05) is 55.3 Å². The number of carbonyl (C=O) groups is 2. The summed E-state index contributed by atoms with van der Waals surface area (Å²) in [6, 6.07) is 14.4. The minimum atomic E-state index is -0.597. The van der Waals surface area contributed by atoms with Gasteiger partial charge in [-0.2, -0.15) is 0 Å². The highest BCUT2D eigenvalue weighted by molar-refractivity contribution is 5.94. The van der Waals surface area contributed by atoms with Crippen molar-refractivity contribution in [1.82, 2.24) is 10.2 Å². The maximum atomic E-state index is 13.0. The van der Waals surface area contributed by atoms with Gasteiger partial charge in [0.1, 0.15) is 5.54 Å². The van der Waals surface area contributed by atoms with Gasteiger partial charge in [-0.25, -0.2) is 0 Å². The summed E-state index contributed by atoms with van der Waals surface area (Å²) in [7, 11) is 0. The lowest BCUT2D eigenvalue weighted by Crippen LogP contribution is -2.64. The van der Waals surface area contributed by atoms with E-state index in [1.165, 1.54) is 10.8 Å². The number of amides is 2. The highest BCUT2D eigenvalue weighted by Gasteiger charge is 2.50. The lowest BCUT2D eigenvalue weighted by molar-refractivity contribution is -0.156. The first kappa shape index (κ1) is 15.2. The van der Waals surface area contributed by atoms with Gasteiger partial charge in [-0.15, -0.1) is 0 Å². The SMILES string of the molecule is O=C1CCN1C1(C(=O)NCc2cccc3ccccc23)CCCC1. The molecule has 124 valence electrons. The van der Waals surface area contributed by atoms with Crippen LogP contribution in [-0.4, -0.2) is 28.8 Å². The van der Waals surface area contributed by atoms with Crippen molar-refractivity contribution in [1.29, 1.82) is 0 Å². The largest absolute Gasteiger partial charge is 0.350 e. The Bertz CT molecular complexity index is 788. The second kappa shape index (κ2) is 5.93. The van der Waals surface area contributed by atoms with Crippen molar-refractivity contribution in [2.45, 2.75) is 44.2 Å². The molecule has 2 fully saturated rings. The second-order valence-electron chi connectivity index (χ2n) is 6.86. The number of carbonyl (C=O) groups excluding carboxylic acids is 2. The fraction of sp³-hybridized carbons (Fsp3) is 0.400. The molecule has 2 aliphatic rings. The summed E-state index contributed by atoms with van der Waals surface area (Å²) in [6.45, 7) is 1.23. The molecule has 0 spiro atoms. The summed E-state index contributed by atoms with van der Waals surface area (Å²) in [5.74, 6) is 0.137. The van der Waals surface area contributed by atoms with Crippen LogP contribution in [0.2, 0.25) is 0 Å². The monoisotopic (exact) mass is 322 g/mol. The topological polar surface area (TPSA) is 49.4 Å². The summed E-state index contributed by atoms with van der Waals surface area (Å²) >= 11 is 0. The number of likely N-dealkylation sites (tertiary alicyclic amines) is 1. The van der Waals surface area contributed by atoms with E-state index >= 15 is 0 Å². The fourth-order valence-corrected chi connectivity index (χ4v) is 4.13. The van der Waals surface area contributed by atoms with Crippen LogP contribution in [0.1, 0.15) is 37.7 Å². The Morgan fingerprint density at radius 3 is 2.54 bits per heavy atom. The molecule has 0 radical (unpaired) electrons. The van der Waals surface area contributed by atoms with E-state index in [0.717, 1.165) is 37.8 Å². The van der Waals surface area contributed by atoms with Gasteiger partial charge in [0.05, 0.1) is 0 Å². The molecule has 0 atom stereocenters. The zero-order valence-corrected chi connectivity index (χ0v) is 13.8. The zero-order valence-electron chi connectivity index (χ0n) is 13.8. The minimum Gasteiger partial charge on any atom is -0.350 e. The summed E-state index contributed by atoms with van der Waals surface area (Å²) in [5.41, 5.74) is 0.518. The maximum Gasteiger partial charge on any atom is 0.246 e. The second-order valence-corrected chi connectivity index (χ2v) is 6.86. The van der Waals surface area contributed by atoms with Crippen LogP contribution in [0.4, 0.5) is 0 Å². The molecule has 4 nitrogen and oxygen atoms in total. The van der Waals surface area contributed by atoms with Gasteiger partial charge in [-0.3, -0.25) is 9.59 Å². The molecule has 2 aromatic carbocycles. The quantitative estimate of drug-likeness (QED) is 0.880. The summed E-state index contributed by atoms with van der Waals surface area (Å²) in [5, 5.41) is 5.46. The van der Waals surface area contributed by atoms with Crippen LogP contribution < -0.4 is 5.32 Å². The molecule has 2 amide bonds. The predicted molar refractivity (Wildman–Crippen MR) is 93.3 cm³/mol. The lowest BCUT2D eigenvalue weighted by atomic mass is 9.90. The Morgan fingerprint density at radius 2 is 1.83 bits per heavy atom. The van der Waals surface area contributed by atoms with Crippen LogP contribution in [0.15, 0.2) is 42.5 Å². The molecule has 1 saturated carbocycles. The van der Waals surface area contributed by atoms with Crippen LogP contribution in [-0.2, 0) is 16.1 Å². The third-order valence-electron chi connectivity index (χ3n) is 5.54. The molecular weight excluding hydrogens is 300 g/mol. The van der Waals surface area contributed by atoms with E-state index < -0.39 is 5.54 Å². The highest BCUT2D eigenvalue weighted by Crippen LogP contribution is 2.38. The Kier molecular flexibility index (Phi) is 3.75. The van der Waals surface area contributed by atoms with E-state index in [1.807, 2.05) is 18.2 Å². The number of hydrogen-bond acceptors (Lipinski definition) is 2. The first-order valence-electron chi connectivity index (χ1n) is 8.76. The van der Waals surface area contributed by atoms with E-state index in [1.54, 1.807) is 4.90 Å². The van der Waals surface area contributed by atoms with Crippen molar-refractivity contribution in [2.24, 2.45) is 0 Å². The molecule has 4 rings (SSSR count). The number of fused-ring (bicyclic) bond motifs is 1. The molecule has 1 aliphatic heterocycles. The van der Waals surface area contributed by atoms with Gasteiger partial charge >= 0.3 is 0 Å². The number of hydrogen-bond donors (Lipinski definition) is 1. The summed E-state index contributed by atoms with van der Waals surface area (Å²) < 4.78 is 0. The first-order valence-corrected chi connectivity index (χ1v) is 8.76. The molecule has 0 unspecified atom stereocenters. The van der Waals surface area contributed by atoms with Crippen molar-refractivity contribution < 1.29 is 9.59 Å². The Balaban J connectivity index is 1.54. The van der Waals surface area contributed by atoms with Crippen LogP contribution in [0.25, 0.3) is 10.8 Å². The van der Waals surface area contributed by atoms with Crippen LogP contribution in [0, 0.1) is 0 Å². The third-order valence-corrected chi connectivity index (χ3v) is 5.54. The highest BCUT2D eigenvalue weighted by atomic mass is 16.2. The number of nitrogens with one attached hydrogen (secondary N) is 1. The number of nitrogens with zero attached hydrogens (tertiary/aromatic N) is 1. The van der Waals surface area contributed by atoms with Gasteiger partial charge in [0, 0.05) is 19.5 Å². The molecule has 1 saturated heterocycles. The molecule has 1 N–H and O–H groups in total. The van der Waals surface area contributed by atoms with Crippen molar-refractivity contribution >= 4 is 22.6 Å². The van der Waals surface area contributed by atoms with Gasteiger partial charge in [0.25, 0.3) is 0 Å². The van der Waals surface area contributed by atoms with E-state index in [0.29, 0.717) is 13.0 Å². The van der Waals surface area contributed by atoms with E-state index in [9.17, 15) is 9.59 Å². The molecule has 0 aromatic heterocycles. The third kappa shape index (κ3) is 2.37. The van der Waals surface area contributed by atoms with Gasteiger partial charge in [-0.05, 0) is 29.2 Å². The number of rotatable bonds is 4. The molecule has 0 bridgehead atoms. The zero-order chi connectivity index (χ0) is 16.6. The Morgan fingerprint density at radius 1 is 1.08 bits per heavy atom. The predicted octanol–water partition coefficient (Wildman–Crippen LogP) is 3.00. The number of β-lactam (4-membered cyclic amide) rings is 1. The molecule has 1 aliphatic carbocycles. The molecular formula is C20H22N2O2. The van der Waals surface area contributed by atoms with Crippen LogP contribution in [0.3, 0.4) is 0 Å². The van der Waals surface area contributed by atoms with Crippen molar-refractivity contribution in [3.63, 3.8) is 0 Å². The first-order chi connectivity index (χ1) is 11.7. The fourth-order valence-electron chi connectivity index (χ4n) is 4.13. The smallest absolute Gasteiger partial charge is 0.246 e. The van der Waals surface area contributed by atoms with Crippen molar-refractivity contribution in [3.05, 3.63) is 48.0 Å². The Hall–Kier alpha value is -2.36. The van der Waals surface area contributed by atoms with E-state index in [4.69, 9.17) is 0 Å². The van der Waals surface area contributed by atoms with Gasteiger partial charge in [0.15, 0.2) is 0 Å². The lowest BCUT2D eigenvalue weighted by Gasteiger charge is -2.45. The standard InChI is InChI=1S/C20H22N2O2/c23-18-10-13-22(18)20(11-3-4-12-20)19(24)21-14-16-8-5-7-15-6-1-2-9-17(15)16/h1-2,5-9H,3-4,10-14H2,(H,21,24). The average molecular weight is 322 g/mol.